The smallest absolute Gasteiger partial charge is 0.250 e. The number of nitrogens with two attached hydrogens (primary N) is 1. The molecule has 4 aromatic rings. The van der Waals surface area contributed by atoms with Crippen LogP contribution in [0.2, 0.25) is 0 Å². The summed E-state index contributed by atoms with van der Waals surface area (Å²) in [4.78, 5) is 32.8. The van der Waals surface area contributed by atoms with Gasteiger partial charge in [-0.3, -0.25) is 9.59 Å². The molecule has 8 heteroatoms. The molecular formula is C37H43N5O3. The van der Waals surface area contributed by atoms with Crippen molar-refractivity contribution in [1.29, 1.82) is 0 Å². The number of nitrogens with one attached hydrogen (secondary N) is 1. The summed E-state index contributed by atoms with van der Waals surface area (Å²) in [6.07, 6.45) is 0.329. The maximum atomic E-state index is 13.7. The number of benzene rings is 4. The van der Waals surface area contributed by atoms with E-state index in [9.17, 15) is 9.59 Å². The monoisotopic (exact) mass is 605 g/mol. The van der Waals surface area contributed by atoms with Crippen LogP contribution in [0.5, 0.6) is 0 Å². The van der Waals surface area contributed by atoms with Crippen LogP contribution in [0.25, 0.3) is 11.1 Å². The van der Waals surface area contributed by atoms with E-state index in [0.717, 1.165) is 70.9 Å². The fraction of sp³-hybridized carbons (Fsp3) is 0.297. The first-order chi connectivity index (χ1) is 21.9. The second-order valence-electron chi connectivity index (χ2n) is 11.6. The van der Waals surface area contributed by atoms with Gasteiger partial charge in [0.25, 0.3) is 0 Å². The summed E-state index contributed by atoms with van der Waals surface area (Å²) < 4.78 is 5.08. The van der Waals surface area contributed by atoms with Crippen molar-refractivity contribution in [3.8, 4) is 11.1 Å². The highest BCUT2D eigenvalue weighted by atomic mass is 16.5. The predicted molar refractivity (Wildman–Crippen MR) is 181 cm³/mol. The molecule has 0 aromatic heterocycles. The Labute approximate surface area is 266 Å². The van der Waals surface area contributed by atoms with Crippen LogP contribution in [0.4, 0.5) is 11.4 Å². The van der Waals surface area contributed by atoms with Crippen LogP contribution in [0.3, 0.4) is 0 Å². The lowest BCUT2D eigenvalue weighted by atomic mass is 10.0. The number of methoxy groups -OCH3 is 1. The molecule has 1 heterocycles. The van der Waals surface area contributed by atoms with E-state index in [1.807, 2.05) is 65.6 Å². The molecule has 0 atom stereocenters. The summed E-state index contributed by atoms with van der Waals surface area (Å²) in [6.45, 7) is 5.09. The molecule has 3 N–H and O–H groups in total. The van der Waals surface area contributed by atoms with Crippen molar-refractivity contribution in [2.24, 2.45) is 5.73 Å². The molecule has 0 saturated carbocycles. The molecular weight excluding hydrogens is 562 g/mol. The second-order valence-corrected chi connectivity index (χ2v) is 11.6. The molecule has 0 spiro atoms. The maximum Gasteiger partial charge on any atom is 0.250 e. The van der Waals surface area contributed by atoms with E-state index < -0.39 is 0 Å². The zero-order valence-corrected chi connectivity index (χ0v) is 26.2. The van der Waals surface area contributed by atoms with Crippen molar-refractivity contribution >= 4 is 23.2 Å². The van der Waals surface area contributed by atoms with E-state index in [0.29, 0.717) is 26.1 Å². The summed E-state index contributed by atoms with van der Waals surface area (Å²) >= 11 is 0. The van der Waals surface area contributed by atoms with Gasteiger partial charge in [-0.05, 0) is 58.6 Å². The number of hydrogen-bond donors (Lipinski definition) is 2. The highest BCUT2D eigenvalue weighted by Gasteiger charge is 2.20. The Morgan fingerprint density at radius 1 is 0.778 bits per heavy atom. The van der Waals surface area contributed by atoms with Crippen molar-refractivity contribution in [2.45, 2.75) is 26.1 Å². The van der Waals surface area contributed by atoms with Crippen LogP contribution in [0, 0.1) is 0 Å². The number of piperazine rings is 1. The van der Waals surface area contributed by atoms with Gasteiger partial charge in [0, 0.05) is 52.9 Å². The van der Waals surface area contributed by atoms with Crippen molar-refractivity contribution in [2.75, 3.05) is 57.2 Å². The molecule has 8 nitrogen and oxygen atoms in total. The van der Waals surface area contributed by atoms with Crippen molar-refractivity contribution in [1.82, 2.24) is 9.80 Å². The number of carbonyl (C=O) groups excluding carboxylic acids is 2. The van der Waals surface area contributed by atoms with Gasteiger partial charge < -0.3 is 30.5 Å². The van der Waals surface area contributed by atoms with Crippen LogP contribution in [0.15, 0.2) is 97.1 Å². The molecule has 0 unspecified atom stereocenters. The van der Waals surface area contributed by atoms with Gasteiger partial charge in [-0.2, -0.15) is 0 Å². The highest BCUT2D eigenvalue weighted by Crippen LogP contribution is 2.33. The summed E-state index contributed by atoms with van der Waals surface area (Å²) in [5.74, 6) is -0.130. The summed E-state index contributed by atoms with van der Waals surface area (Å²) in [6, 6.07) is 32.5. The molecule has 4 aromatic carbocycles. The van der Waals surface area contributed by atoms with Gasteiger partial charge in [0.1, 0.15) is 6.61 Å². The first kappa shape index (κ1) is 31.9. The number of rotatable bonds is 12. The van der Waals surface area contributed by atoms with Gasteiger partial charge in [-0.1, -0.05) is 78.9 Å². The molecule has 2 amide bonds. The molecule has 0 aliphatic carbocycles. The van der Waals surface area contributed by atoms with E-state index in [4.69, 9.17) is 10.5 Å². The SMILES string of the molecule is COCC(=O)Nc1cc(-c2cccc(CN(Cc3cccc(CN)c3)C(=O)Cc3ccccc3)c2)ccc1N1CCN(C)CC1. The van der Waals surface area contributed by atoms with Gasteiger partial charge in [-0.15, -0.1) is 0 Å². The molecule has 45 heavy (non-hydrogen) atoms. The molecule has 1 aliphatic rings. The second kappa shape index (κ2) is 15.5. The Morgan fingerprint density at radius 2 is 1.42 bits per heavy atom. The zero-order chi connectivity index (χ0) is 31.6. The molecule has 1 saturated heterocycles. The van der Waals surface area contributed by atoms with Gasteiger partial charge >= 0.3 is 0 Å². The Balaban J connectivity index is 1.41. The Morgan fingerprint density at radius 3 is 2.13 bits per heavy atom. The topological polar surface area (TPSA) is 91.1 Å². The summed E-state index contributed by atoms with van der Waals surface area (Å²) in [5, 5.41) is 3.07. The van der Waals surface area contributed by atoms with E-state index in [1.54, 1.807) is 0 Å². The zero-order valence-electron chi connectivity index (χ0n) is 26.2. The lowest BCUT2D eigenvalue weighted by molar-refractivity contribution is -0.131. The van der Waals surface area contributed by atoms with Crippen LogP contribution >= 0.6 is 0 Å². The quantitative estimate of drug-likeness (QED) is 0.238. The minimum absolute atomic E-state index is 0.0110. The van der Waals surface area contributed by atoms with Gasteiger partial charge in [0.2, 0.25) is 11.8 Å². The van der Waals surface area contributed by atoms with Crippen LogP contribution in [-0.2, 0) is 40.4 Å². The van der Waals surface area contributed by atoms with Crippen LogP contribution in [0.1, 0.15) is 22.3 Å². The third kappa shape index (κ3) is 8.79. The Hall–Kier alpha value is -4.50. The van der Waals surface area contributed by atoms with Gasteiger partial charge in [-0.25, -0.2) is 0 Å². The number of nitrogens with zero attached hydrogens (tertiary/aromatic N) is 3. The van der Waals surface area contributed by atoms with Crippen molar-refractivity contribution < 1.29 is 14.3 Å². The van der Waals surface area contributed by atoms with Crippen molar-refractivity contribution in [3.05, 3.63) is 119 Å². The maximum absolute atomic E-state index is 13.7. The minimum Gasteiger partial charge on any atom is -0.375 e. The molecule has 0 bridgehead atoms. The Bertz CT molecular complexity index is 1580. The standard InChI is InChI=1S/C37H43N5O3/c1-40-16-18-41(19-17-40)35-15-14-33(23-34(35)39-36(43)27-45-2)32-13-7-12-31(21-32)26-42(25-30-11-6-10-29(20-30)24-38)37(44)22-28-8-4-3-5-9-28/h3-15,20-21,23H,16-19,22,24-27,38H2,1-2H3,(H,39,43). The average Bonchev–Trinajstić information content (AvgIpc) is 3.06. The third-order valence-corrected chi connectivity index (χ3v) is 8.18. The highest BCUT2D eigenvalue weighted by molar-refractivity contribution is 5.96. The first-order valence-electron chi connectivity index (χ1n) is 15.5. The van der Waals surface area contributed by atoms with E-state index in [1.165, 1.54) is 7.11 Å². The van der Waals surface area contributed by atoms with E-state index in [2.05, 4.69) is 58.6 Å². The number of likely N-dealkylation sites (N-methyl/N-ethyl adjacent to an activating group) is 1. The fourth-order valence-corrected chi connectivity index (χ4v) is 5.72. The number of ether oxygens (including phenoxy) is 1. The van der Waals surface area contributed by atoms with E-state index in [-0.39, 0.29) is 18.4 Å². The number of anilines is 2. The third-order valence-electron chi connectivity index (χ3n) is 8.18. The predicted octanol–water partition coefficient (Wildman–Crippen LogP) is 4.92. The van der Waals surface area contributed by atoms with Crippen molar-refractivity contribution in [3.63, 3.8) is 0 Å². The number of hydrogen-bond acceptors (Lipinski definition) is 6. The molecule has 5 rings (SSSR count). The largest absolute Gasteiger partial charge is 0.375 e. The van der Waals surface area contributed by atoms with Gasteiger partial charge in [0.15, 0.2) is 0 Å². The van der Waals surface area contributed by atoms with Crippen LogP contribution in [-0.4, -0.2) is 68.6 Å². The lowest BCUT2D eigenvalue weighted by Gasteiger charge is -2.35. The van der Waals surface area contributed by atoms with Gasteiger partial charge in [0.05, 0.1) is 17.8 Å². The normalized spacial score (nSPS) is 13.4. The molecule has 0 radical (unpaired) electrons. The minimum atomic E-state index is -0.190. The first-order valence-corrected chi connectivity index (χ1v) is 15.5. The molecule has 1 aliphatic heterocycles. The van der Waals surface area contributed by atoms with Crippen LogP contribution < -0.4 is 16.0 Å². The summed E-state index contributed by atoms with van der Waals surface area (Å²) in [5.41, 5.74) is 13.8. The lowest BCUT2D eigenvalue weighted by Crippen LogP contribution is -2.44. The van der Waals surface area contributed by atoms with E-state index >= 15 is 0 Å². The Kier molecular flexibility index (Phi) is 11.0. The number of carbonyl (C=O) groups is 2. The fourth-order valence-electron chi connectivity index (χ4n) is 5.72. The molecule has 1 fully saturated rings. The molecule has 234 valence electrons. The number of amides is 2. The summed E-state index contributed by atoms with van der Waals surface area (Å²) in [7, 11) is 3.65. The average molecular weight is 606 g/mol.